The van der Waals surface area contributed by atoms with Crippen LogP contribution in [-0.2, 0) is 23.8 Å². The molecule has 1 heterocycles. The fraction of sp³-hybridized carbons (Fsp3) is 0.789. The van der Waals surface area contributed by atoms with Crippen LogP contribution >= 0.6 is 0 Å². The van der Waals surface area contributed by atoms with Crippen LogP contribution in [0.15, 0.2) is 0 Å². The number of rotatable bonds is 7. The molecule has 1 aliphatic carbocycles. The van der Waals surface area contributed by atoms with Crippen molar-refractivity contribution in [3.05, 3.63) is 0 Å². The van der Waals surface area contributed by atoms with Crippen LogP contribution in [0.2, 0.25) is 0 Å². The molecule has 0 bridgehead atoms. The van der Waals surface area contributed by atoms with Crippen LogP contribution in [-0.4, -0.2) is 38.4 Å². The molecule has 0 N–H and O–H groups in total. The van der Waals surface area contributed by atoms with Crippen LogP contribution in [0.25, 0.3) is 0 Å². The van der Waals surface area contributed by atoms with Crippen LogP contribution in [0.4, 0.5) is 0 Å². The molecule has 134 valence electrons. The predicted molar refractivity (Wildman–Crippen MR) is 89.0 cm³/mol. The van der Waals surface area contributed by atoms with E-state index in [1.54, 1.807) is 0 Å². The average molecular weight is 336 g/mol. The molecule has 2 rings (SSSR count). The van der Waals surface area contributed by atoms with Crippen LogP contribution in [0.3, 0.4) is 0 Å². The fourth-order valence-corrected chi connectivity index (χ4v) is 3.40. The molecule has 2 fully saturated rings. The molecule has 1 saturated carbocycles. The molecule has 4 unspecified atom stereocenters. The molecule has 0 aromatic carbocycles. The summed E-state index contributed by atoms with van der Waals surface area (Å²) < 4.78 is 16.4. The monoisotopic (exact) mass is 336 g/mol. The van der Waals surface area contributed by atoms with E-state index in [0.717, 1.165) is 45.0 Å². The van der Waals surface area contributed by atoms with Gasteiger partial charge in [0.2, 0.25) is 0 Å². The third-order valence-corrected chi connectivity index (χ3v) is 4.82. The molecule has 0 aromatic rings. The van der Waals surface area contributed by atoms with Crippen molar-refractivity contribution >= 4 is 12.3 Å². The number of aldehydes is 1. The highest BCUT2D eigenvalue weighted by Gasteiger charge is 2.37. The van der Waals surface area contributed by atoms with Gasteiger partial charge >= 0.3 is 5.97 Å². The van der Waals surface area contributed by atoms with Gasteiger partial charge in [-0.3, -0.25) is 4.79 Å². The number of unbranched alkanes of at least 4 members (excludes halogenated alkanes) is 1. The van der Waals surface area contributed by atoms with Gasteiger partial charge in [-0.05, 0) is 38.5 Å². The summed E-state index contributed by atoms with van der Waals surface area (Å²) in [6.45, 7) is 0.763. The van der Waals surface area contributed by atoms with Crippen molar-refractivity contribution in [1.82, 2.24) is 0 Å². The summed E-state index contributed by atoms with van der Waals surface area (Å²) in [4.78, 5) is 22.3. The predicted octanol–water partition coefficient (Wildman–Crippen LogP) is 2.86. The Hall–Kier alpha value is -1.38. The molecular formula is C19H28O5. The Bertz CT molecular complexity index is 458. The van der Waals surface area contributed by atoms with Crippen molar-refractivity contribution in [2.45, 2.75) is 70.2 Å². The van der Waals surface area contributed by atoms with Gasteiger partial charge < -0.3 is 19.0 Å². The lowest BCUT2D eigenvalue weighted by molar-refractivity contribution is -0.195. The minimum Gasteiger partial charge on any atom is -0.469 e. The van der Waals surface area contributed by atoms with Gasteiger partial charge in [0.25, 0.3) is 0 Å². The van der Waals surface area contributed by atoms with Crippen molar-refractivity contribution in [2.75, 3.05) is 13.7 Å². The number of ether oxygens (including phenoxy) is 3. The summed E-state index contributed by atoms with van der Waals surface area (Å²) in [6.07, 6.45) is 8.38. The van der Waals surface area contributed by atoms with Crippen molar-refractivity contribution in [3.8, 4) is 11.8 Å². The molecular weight excluding hydrogens is 308 g/mol. The number of carbonyl (C=O) groups is 2. The first kappa shape index (κ1) is 19.0. The Morgan fingerprint density at radius 3 is 2.83 bits per heavy atom. The van der Waals surface area contributed by atoms with E-state index in [2.05, 4.69) is 16.6 Å². The standard InChI is InChI=1S/C19H28O5/c1-22-18(21)9-5-3-2-4-8-16-15(14-20)11-12-17(16)24-19-10-6-7-13-23-19/h14-17,19H,3,5-13H2,1H3. The Morgan fingerprint density at radius 2 is 2.12 bits per heavy atom. The smallest absolute Gasteiger partial charge is 0.305 e. The maximum Gasteiger partial charge on any atom is 0.305 e. The summed E-state index contributed by atoms with van der Waals surface area (Å²) in [6, 6.07) is 0. The summed E-state index contributed by atoms with van der Waals surface area (Å²) in [5.41, 5.74) is 0. The van der Waals surface area contributed by atoms with E-state index in [0.29, 0.717) is 25.7 Å². The van der Waals surface area contributed by atoms with Crippen LogP contribution < -0.4 is 0 Å². The van der Waals surface area contributed by atoms with Crippen molar-refractivity contribution in [3.63, 3.8) is 0 Å². The zero-order valence-electron chi connectivity index (χ0n) is 14.5. The molecule has 1 saturated heterocycles. The molecule has 2 aliphatic rings. The third kappa shape index (κ3) is 5.92. The largest absolute Gasteiger partial charge is 0.469 e. The number of carbonyl (C=O) groups excluding carboxylic acids is 2. The second-order valence-corrected chi connectivity index (χ2v) is 6.50. The SMILES string of the molecule is COC(=O)CCCC#CCC1C(C=O)CCC1OC1CCCCO1. The zero-order chi connectivity index (χ0) is 17.2. The lowest BCUT2D eigenvalue weighted by Crippen LogP contribution is -2.31. The molecule has 4 atom stereocenters. The van der Waals surface area contributed by atoms with Crippen LogP contribution in [0.1, 0.15) is 57.8 Å². The first-order valence-electron chi connectivity index (χ1n) is 8.99. The fourth-order valence-electron chi connectivity index (χ4n) is 3.40. The highest BCUT2D eigenvalue weighted by atomic mass is 16.7. The van der Waals surface area contributed by atoms with E-state index in [1.165, 1.54) is 7.11 Å². The maximum absolute atomic E-state index is 11.3. The lowest BCUT2D eigenvalue weighted by Gasteiger charge is -2.29. The number of methoxy groups -OCH3 is 1. The van der Waals surface area contributed by atoms with E-state index in [-0.39, 0.29) is 30.2 Å². The Balaban J connectivity index is 1.78. The molecule has 0 amide bonds. The number of hydrogen-bond donors (Lipinski definition) is 0. The van der Waals surface area contributed by atoms with Gasteiger partial charge in [0.05, 0.1) is 13.2 Å². The molecule has 0 radical (unpaired) electrons. The molecule has 0 spiro atoms. The van der Waals surface area contributed by atoms with Crippen molar-refractivity contribution in [1.29, 1.82) is 0 Å². The van der Waals surface area contributed by atoms with Gasteiger partial charge in [0.1, 0.15) is 6.29 Å². The summed E-state index contributed by atoms with van der Waals surface area (Å²) in [7, 11) is 1.39. The molecule has 24 heavy (non-hydrogen) atoms. The molecule has 1 aliphatic heterocycles. The van der Waals surface area contributed by atoms with E-state index < -0.39 is 0 Å². The average Bonchev–Trinajstić information content (AvgIpc) is 3.00. The van der Waals surface area contributed by atoms with Gasteiger partial charge in [-0.15, -0.1) is 11.8 Å². The van der Waals surface area contributed by atoms with Gasteiger partial charge in [-0.25, -0.2) is 0 Å². The molecule has 5 heteroatoms. The summed E-state index contributed by atoms with van der Waals surface area (Å²) in [5.74, 6) is 6.25. The summed E-state index contributed by atoms with van der Waals surface area (Å²) >= 11 is 0. The van der Waals surface area contributed by atoms with Crippen molar-refractivity contribution in [2.24, 2.45) is 11.8 Å². The van der Waals surface area contributed by atoms with Gasteiger partial charge in [-0.2, -0.15) is 0 Å². The maximum atomic E-state index is 11.3. The Kier molecular flexibility index (Phi) is 8.27. The van der Waals surface area contributed by atoms with Crippen LogP contribution in [0, 0.1) is 23.7 Å². The quantitative estimate of drug-likeness (QED) is 0.310. The van der Waals surface area contributed by atoms with Crippen LogP contribution in [0.5, 0.6) is 0 Å². The Labute approximate surface area is 144 Å². The van der Waals surface area contributed by atoms with E-state index in [1.807, 2.05) is 0 Å². The topological polar surface area (TPSA) is 61.8 Å². The highest BCUT2D eigenvalue weighted by Crippen LogP contribution is 2.36. The lowest BCUT2D eigenvalue weighted by atomic mass is 9.92. The second-order valence-electron chi connectivity index (χ2n) is 6.50. The molecule has 0 aromatic heterocycles. The van der Waals surface area contributed by atoms with Gasteiger partial charge in [-0.1, -0.05) is 0 Å². The first-order chi connectivity index (χ1) is 11.7. The highest BCUT2D eigenvalue weighted by molar-refractivity contribution is 5.69. The zero-order valence-corrected chi connectivity index (χ0v) is 14.5. The molecule has 5 nitrogen and oxygen atoms in total. The minimum absolute atomic E-state index is 0.0305. The van der Waals surface area contributed by atoms with Gasteiger partial charge in [0, 0.05) is 37.7 Å². The minimum atomic E-state index is -0.199. The van der Waals surface area contributed by atoms with Crippen molar-refractivity contribution < 1.29 is 23.8 Å². The Morgan fingerprint density at radius 1 is 1.25 bits per heavy atom. The third-order valence-electron chi connectivity index (χ3n) is 4.82. The first-order valence-corrected chi connectivity index (χ1v) is 8.99. The van der Waals surface area contributed by atoms with E-state index in [9.17, 15) is 9.59 Å². The number of hydrogen-bond acceptors (Lipinski definition) is 5. The van der Waals surface area contributed by atoms with E-state index >= 15 is 0 Å². The normalized spacial score (nSPS) is 29.5. The number of esters is 1. The van der Waals surface area contributed by atoms with Gasteiger partial charge in [0.15, 0.2) is 6.29 Å². The van der Waals surface area contributed by atoms with E-state index in [4.69, 9.17) is 9.47 Å². The summed E-state index contributed by atoms with van der Waals surface area (Å²) in [5, 5.41) is 0. The second kappa shape index (κ2) is 10.5.